The SMILES string of the molecule is Cc1ccc(NC(=O)CSc2ccccc2F)cc1S(N)(=O)=O. The Morgan fingerprint density at radius 2 is 1.96 bits per heavy atom. The van der Waals surface area contributed by atoms with Crippen molar-refractivity contribution in [3.8, 4) is 0 Å². The van der Waals surface area contributed by atoms with Crippen molar-refractivity contribution in [2.24, 2.45) is 5.14 Å². The number of amides is 1. The lowest BCUT2D eigenvalue weighted by molar-refractivity contribution is -0.113. The Hall–Kier alpha value is -1.90. The number of aryl methyl sites for hydroxylation is 1. The van der Waals surface area contributed by atoms with Gasteiger partial charge in [-0.25, -0.2) is 17.9 Å². The fourth-order valence-corrected chi connectivity index (χ4v) is 3.43. The normalized spacial score (nSPS) is 11.3. The molecule has 122 valence electrons. The maximum atomic E-state index is 13.5. The van der Waals surface area contributed by atoms with Gasteiger partial charge in [0.15, 0.2) is 0 Å². The second-order valence-corrected chi connectivity index (χ2v) is 7.34. The molecule has 2 aromatic rings. The Balaban J connectivity index is 2.05. The summed E-state index contributed by atoms with van der Waals surface area (Å²) >= 11 is 1.06. The van der Waals surface area contributed by atoms with Gasteiger partial charge in [-0.15, -0.1) is 11.8 Å². The minimum Gasteiger partial charge on any atom is -0.325 e. The summed E-state index contributed by atoms with van der Waals surface area (Å²) in [6, 6.07) is 10.6. The summed E-state index contributed by atoms with van der Waals surface area (Å²) in [6.45, 7) is 1.61. The van der Waals surface area contributed by atoms with Gasteiger partial charge in [0.1, 0.15) is 5.82 Å². The van der Waals surface area contributed by atoms with Crippen LogP contribution in [-0.4, -0.2) is 20.1 Å². The predicted octanol–water partition coefficient (Wildman–Crippen LogP) is 2.51. The van der Waals surface area contributed by atoms with Crippen LogP contribution >= 0.6 is 11.8 Å². The van der Waals surface area contributed by atoms with Gasteiger partial charge in [0, 0.05) is 10.6 Å². The second-order valence-electron chi connectivity index (χ2n) is 4.79. The highest BCUT2D eigenvalue weighted by molar-refractivity contribution is 8.00. The van der Waals surface area contributed by atoms with Crippen molar-refractivity contribution in [3.05, 3.63) is 53.8 Å². The maximum absolute atomic E-state index is 13.5. The standard InChI is InChI=1S/C15H15FN2O3S2/c1-10-6-7-11(8-14(10)23(17,20)21)18-15(19)9-22-13-5-3-2-4-12(13)16/h2-8H,9H2,1H3,(H,18,19)(H2,17,20,21). The van der Waals surface area contributed by atoms with E-state index in [9.17, 15) is 17.6 Å². The summed E-state index contributed by atoms with van der Waals surface area (Å²) in [6.07, 6.45) is 0. The first-order valence-electron chi connectivity index (χ1n) is 6.58. The van der Waals surface area contributed by atoms with Gasteiger partial charge in [0.25, 0.3) is 0 Å². The molecular formula is C15H15FN2O3S2. The van der Waals surface area contributed by atoms with E-state index in [-0.39, 0.29) is 16.6 Å². The Morgan fingerprint density at radius 3 is 2.61 bits per heavy atom. The van der Waals surface area contributed by atoms with E-state index >= 15 is 0 Å². The number of benzene rings is 2. The lowest BCUT2D eigenvalue weighted by Gasteiger charge is -2.09. The third kappa shape index (κ3) is 4.78. The lowest BCUT2D eigenvalue weighted by atomic mass is 10.2. The number of halogens is 1. The average Bonchev–Trinajstić information content (AvgIpc) is 2.47. The minimum absolute atomic E-state index is 0.000478. The molecule has 0 spiro atoms. The van der Waals surface area contributed by atoms with E-state index in [2.05, 4.69) is 5.32 Å². The zero-order valence-electron chi connectivity index (χ0n) is 12.2. The van der Waals surface area contributed by atoms with E-state index < -0.39 is 15.8 Å². The third-order valence-electron chi connectivity index (χ3n) is 2.97. The van der Waals surface area contributed by atoms with Gasteiger partial charge in [0.2, 0.25) is 15.9 Å². The number of sulfonamides is 1. The van der Waals surface area contributed by atoms with Crippen molar-refractivity contribution in [1.82, 2.24) is 0 Å². The smallest absolute Gasteiger partial charge is 0.238 e. The highest BCUT2D eigenvalue weighted by atomic mass is 32.2. The molecule has 0 aromatic heterocycles. The van der Waals surface area contributed by atoms with Crippen molar-refractivity contribution in [2.75, 3.05) is 11.1 Å². The summed E-state index contributed by atoms with van der Waals surface area (Å²) in [5, 5.41) is 7.69. The number of hydrogen-bond donors (Lipinski definition) is 2. The zero-order chi connectivity index (χ0) is 17.0. The van der Waals surface area contributed by atoms with Crippen LogP contribution in [0.25, 0.3) is 0 Å². The summed E-state index contributed by atoms with van der Waals surface area (Å²) < 4.78 is 36.4. The third-order valence-corrected chi connectivity index (χ3v) is 5.08. The van der Waals surface area contributed by atoms with E-state index in [1.54, 1.807) is 37.3 Å². The predicted molar refractivity (Wildman–Crippen MR) is 88.3 cm³/mol. The van der Waals surface area contributed by atoms with Crippen LogP contribution in [0.5, 0.6) is 0 Å². The largest absolute Gasteiger partial charge is 0.325 e. The molecule has 2 rings (SSSR count). The molecule has 8 heteroatoms. The van der Waals surface area contributed by atoms with Gasteiger partial charge in [-0.05, 0) is 36.8 Å². The van der Waals surface area contributed by atoms with Crippen LogP contribution in [0.1, 0.15) is 5.56 Å². The van der Waals surface area contributed by atoms with Gasteiger partial charge >= 0.3 is 0 Å². The first-order valence-corrected chi connectivity index (χ1v) is 9.11. The Kier molecular flexibility index (Phi) is 5.40. The quantitative estimate of drug-likeness (QED) is 0.808. The molecule has 0 radical (unpaired) electrons. The van der Waals surface area contributed by atoms with Crippen LogP contribution in [-0.2, 0) is 14.8 Å². The Morgan fingerprint density at radius 1 is 1.26 bits per heavy atom. The number of nitrogens with two attached hydrogens (primary N) is 1. The first-order chi connectivity index (χ1) is 10.8. The number of carbonyl (C=O) groups is 1. The Labute approximate surface area is 138 Å². The highest BCUT2D eigenvalue weighted by Gasteiger charge is 2.13. The van der Waals surface area contributed by atoms with Gasteiger partial charge < -0.3 is 5.32 Å². The number of primary sulfonamides is 1. The molecule has 0 bridgehead atoms. The van der Waals surface area contributed by atoms with Crippen LogP contribution in [0.3, 0.4) is 0 Å². The molecule has 5 nitrogen and oxygen atoms in total. The topological polar surface area (TPSA) is 89.3 Å². The van der Waals surface area contributed by atoms with E-state index in [0.29, 0.717) is 16.1 Å². The second kappa shape index (κ2) is 7.12. The summed E-state index contributed by atoms with van der Waals surface area (Å²) in [7, 11) is -3.86. The average molecular weight is 354 g/mol. The molecule has 0 saturated heterocycles. The zero-order valence-corrected chi connectivity index (χ0v) is 13.9. The van der Waals surface area contributed by atoms with Crippen LogP contribution < -0.4 is 10.5 Å². The molecule has 0 aliphatic rings. The first kappa shape index (κ1) is 17.5. The van der Waals surface area contributed by atoms with E-state index in [1.165, 1.54) is 12.1 Å². The van der Waals surface area contributed by atoms with Crippen LogP contribution in [0.4, 0.5) is 10.1 Å². The molecule has 0 atom stereocenters. The summed E-state index contributed by atoms with van der Waals surface area (Å²) in [5.41, 5.74) is 0.810. The molecule has 0 saturated carbocycles. The molecule has 0 heterocycles. The number of hydrogen-bond acceptors (Lipinski definition) is 4. The molecule has 0 aliphatic carbocycles. The van der Waals surface area contributed by atoms with Crippen LogP contribution in [0.15, 0.2) is 52.3 Å². The van der Waals surface area contributed by atoms with Crippen molar-refractivity contribution in [1.29, 1.82) is 0 Å². The van der Waals surface area contributed by atoms with Crippen molar-refractivity contribution in [3.63, 3.8) is 0 Å². The minimum atomic E-state index is -3.86. The number of nitrogens with one attached hydrogen (secondary N) is 1. The van der Waals surface area contributed by atoms with Crippen molar-refractivity contribution >= 4 is 33.4 Å². The number of carbonyl (C=O) groups excluding carboxylic acids is 1. The van der Waals surface area contributed by atoms with E-state index in [1.807, 2.05) is 0 Å². The number of anilines is 1. The van der Waals surface area contributed by atoms with Crippen molar-refractivity contribution in [2.45, 2.75) is 16.7 Å². The molecule has 0 aliphatic heterocycles. The number of rotatable bonds is 5. The summed E-state index contributed by atoms with van der Waals surface area (Å²) in [4.78, 5) is 12.2. The fraction of sp³-hybridized carbons (Fsp3) is 0.133. The van der Waals surface area contributed by atoms with E-state index in [0.717, 1.165) is 11.8 Å². The molecule has 2 aromatic carbocycles. The van der Waals surface area contributed by atoms with Gasteiger partial charge in [-0.2, -0.15) is 0 Å². The van der Waals surface area contributed by atoms with Gasteiger partial charge in [-0.3, -0.25) is 4.79 Å². The van der Waals surface area contributed by atoms with Crippen LogP contribution in [0, 0.1) is 12.7 Å². The van der Waals surface area contributed by atoms with Crippen molar-refractivity contribution < 1.29 is 17.6 Å². The lowest BCUT2D eigenvalue weighted by Crippen LogP contribution is -2.17. The molecular weight excluding hydrogens is 339 g/mol. The highest BCUT2D eigenvalue weighted by Crippen LogP contribution is 2.22. The van der Waals surface area contributed by atoms with Crippen LogP contribution in [0.2, 0.25) is 0 Å². The molecule has 23 heavy (non-hydrogen) atoms. The molecule has 3 N–H and O–H groups in total. The molecule has 1 amide bonds. The fourth-order valence-electron chi connectivity index (χ4n) is 1.89. The summed E-state index contributed by atoms with van der Waals surface area (Å²) in [5.74, 6) is -0.765. The van der Waals surface area contributed by atoms with Gasteiger partial charge in [0.05, 0.1) is 10.6 Å². The Bertz CT molecular complexity index is 838. The molecule has 0 fully saturated rings. The number of thioether (sulfide) groups is 1. The van der Waals surface area contributed by atoms with E-state index in [4.69, 9.17) is 5.14 Å². The monoisotopic (exact) mass is 354 g/mol. The molecule has 0 unspecified atom stereocenters. The van der Waals surface area contributed by atoms with Gasteiger partial charge in [-0.1, -0.05) is 18.2 Å². The maximum Gasteiger partial charge on any atom is 0.238 e.